The highest BCUT2D eigenvalue weighted by molar-refractivity contribution is 7.71. The fraction of sp³-hybridized carbons (Fsp3) is 0.111. The van der Waals surface area contributed by atoms with E-state index in [4.69, 9.17) is 12.2 Å². The van der Waals surface area contributed by atoms with Crippen molar-refractivity contribution in [1.82, 2.24) is 24.3 Å². The number of rotatable bonds is 4. The molecule has 0 aliphatic rings. The molecule has 0 unspecified atom stereocenters. The zero-order valence-corrected chi connectivity index (χ0v) is 14.1. The lowest BCUT2D eigenvalue weighted by Crippen LogP contribution is -2.22. The number of benzene rings is 2. The van der Waals surface area contributed by atoms with Crippen LogP contribution in [0.4, 0.5) is 0 Å². The second kappa shape index (κ2) is 6.45. The normalized spacial score (nSPS) is 11.0. The molecule has 6 nitrogen and oxygen atoms in total. The van der Waals surface area contributed by atoms with Crippen LogP contribution in [-0.4, -0.2) is 24.3 Å². The number of H-pyrrole nitrogens is 1. The molecule has 1 N–H and O–H groups in total. The molecule has 0 aliphatic heterocycles. The fourth-order valence-corrected chi connectivity index (χ4v) is 3.03. The van der Waals surface area contributed by atoms with Crippen molar-refractivity contribution in [2.24, 2.45) is 0 Å². The van der Waals surface area contributed by atoms with E-state index in [1.165, 1.54) is 6.33 Å². The lowest BCUT2D eigenvalue weighted by Gasteiger charge is -2.09. The molecule has 0 atom stereocenters. The summed E-state index contributed by atoms with van der Waals surface area (Å²) in [7, 11) is 0. The molecule has 0 saturated carbocycles. The molecule has 4 rings (SSSR count). The van der Waals surface area contributed by atoms with Crippen LogP contribution in [0.1, 0.15) is 11.1 Å². The Morgan fingerprint density at radius 2 is 1.72 bits per heavy atom. The predicted octanol–water partition coefficient (Wildman–Crippen LogP) is 2.75. The van der Waals surface area contributed by atoms with Crippen LogP contribution in [0.2, 0.25) is 0 Å². The van der Waals surface area contributed by atoms with Gasteiger partial charge < -0.3 is 4.98 Å². The van der Waals surface area contributed by atoms with Gasteiger partial charge in [0, 0.05) is 0 Å². The van der Waals surface area contributed by atoms with Gasteiger partial charge in [-0.2, -0.15) is 5.10 Å². The van der Waals surface area contributed by atoms with Crippen LogP contribution in [0.25, 0.3) is 10.9 Å². The smallest absolute Gasteiger partial charge is 0.262 e. The molecule has 0 radical (unpaired) electrons. The van der Waals surface area contributed by atoms with Gasteiger partial charge in [0.2, 0.25) is 0 Å². The van der Waals surface area contributed by atoms with Crippen LogP contribution in [0.15, 0.2) is 66.0 Å². The Hall–Kier alpha value is -3.06. The Bertz CT molecular complexity index is 1130. The monoisotopic (exact) mass is 349 g/mol. The number of fused-ring (bicyclic) bond motifs is 1. The largest absolute Gasteiger partial charge is 0.332 e. The van der Waals surface area contributed by atoms with Gasteiger partial charge in [-0.05, 0) is 35.5 Å². The molecule has 4 aromatic rings. The van der Waals surface area contributed by atoms with E-state index in [1.54, 1.807) is 21.6 Å². The summed E-state index contributed by atoms with van der Waals surface area (Å²) in [5, 5.41) is 4.73. The molecule has 7 heteroatoms. The van der Waals surface area contributed by atoms with Crippen LogP contribution in [0.5, 0.6) is 0 Å². The van der Waals surface area contributed by atoms with E-state index in [0.717, 1.165) is 16.6 Å². The number of para-hydroxylation sites is 1. The first-order chi connectivity index (χ1) is 12.2. The topological polar surface area (TPSA) is 68.5 Å². The summed E-state index contributed by atoms with van der Waals surface area (Å²) < 4.78 is 3.78. The van der Waals surface area contributed by atoms with Gasteiger partial charge in [0.15, 0.2) is 4.77 Å². The SMILES string of the molecule is O=c1c2ccccc2[nH]c(=S)n1Cc1ccc(Cn2cncn2)cc1. The van der Waals surface area contributed by atoms with Gasteiger partial charge in [-0.15, -0.1) is 0 Å². The third kappa shape index (κ3) is 3.14. The van der Waals surface area contributed by atoms with Crippen molar-refractivity contribution in [1.29, 1.82) is 0 Å². The number of hydrogen-bond donors (Lipinski definition) is 1. The summed E-state index contributed by atoms with van der Waals surface area (Å²) in [4.78, 5) is 19.7. The summed E-state index contributed by atoms with van der Waals surface area (Å²) in [6, 6.07) is 15.4. The van der Waals surface area contributed by atoms with E-state index in [9.17, 15) is 4.79 Å². The summed E-state index contributed by atoms with van der Waals surface area (Å²) in [5.74, 6) is 0. The average molecular weight is 349 g/mol. The van der Waals surface area contributed by atoms with Crippen LogP contribution < -0.4 is 5.56 Å². The summed E-state index contributed by atoms with van der Waals surface area (Å²) >= 11 is 5.36. The number of aromatic amines is 1. The highest BCUT2D eigenvalue weighted by atomic mass is 32.1. The minimum Gasteiger partial charge on any atom is -0.332 e. The Balaban J connectivity index is 1.63. The number of nitrogens with zero attached hydrogens (tertiary/aromatic N) is 4. The van der Waals surface area contributed by atoms with Crippen molar-refractivity contribution in [3.63, 3.8) is 0 Å². The molecule has 25 heavy (non-hydrogen) atoms. The van der Waals surface area contributed by atoms with E-state index in [2.05, 4.69) is 15.1 Å². The van der Waals surface area contributed by atoms with Crippen molar-refractivity contribution >= 4 is 23.1 Å². The third-order valence-electron chi connectivity index (χ3n) is 4.06. The molecule has 2 aromatic heterocycles. The first-order valence-corrected chi connectivity index (χ1v) is 8.23. The first kappa shape index (κ1) is 15.5. The van der Waals surface area contributed by atoms with Crippen LogP contribution >= 0.6 is 12.2 Å². The molecule has 0 aliphatic carbocycles. The zero-order chi connectivity index (χ0) is 17.2. The molecule has 0 saturated heterocycles. The maximum atomic E-state index is 12.7. The van der Waals surface area contributed by atoms with E-state index in [1.807, 2.05) is 42.5 Å². The molecule has 0 fully saturated rings. The zero-order valence-electron chi connectivity index (χ0n) is 13.3. The molecule has 0 bridgehead atoms. The third-order valence-corrected chi connectivity index (χ3v) is 4.39. The van der Waals surface area contributed by atoms with Crippen LogP contribution in [0.3, 0.4) is 0 Å². The van der Waals surface area contributed by atoms with E-state index >= 15 is 0 Å². The second-order valence-electron chi connectivity index (χ2n) is 5.78. The lowest BCUT2D eigenvalue weighted by molar-refractivity contribution is 0.683. The summed E-state index contributed by atoms with van der Waals surface area (Å²) in [5.41, 5.74) is 2.81. The fourth-order valence-electron chi connectivity index (χ4n) is 2.78. The quantitative estimate of drug-likeness (QED) is 0.575. The second-order valence-corrected chi connectivity index (χ2v) is 6.16. The molecular weight excluding hydrogens is 334 g/mol. The van der Waals surface area contributed by atoms with Gasteiger partial charge in [-0.1, -0.05) is 36.4 Å². The van der Waals surface area contributed by atoms with Gasteiger partial charge in [-0.25, -0.2) is 9.67 Å². The van der Waals surface area contributed by atoms with Gasteiger partial charge in [-0.3, -0.25) is 9.36 Å². The minimum atomic E-state index is -0.0777. The van der Waals surface area contributed by atoms with Gasteiger partial charge in [0.25, 0.3) is 5.56 Å². The maximum absolute atomic E-state index is 12.7. The van der Waals surface area contributed by atoms with E-state index < -0.39 is 0 Å². The molecule has 2 aromatic carbocycles. The summed E-state index contributed by atoms with van der Waals surface area (Å²) in [6.45, 7) is 1.10. The first-order valence-electron chi connectivity index (χ1n) is 7.83. The van der Waals surface area contributed by atoms with Crippen molar-refractivity contribution in [2.45, 2.75) is 13.1 Å². The van der Waals surface area contributed by atoms with Crippen LogP contribution in [-0.2, 0) is 13.1 Å². The maximum Gasteiger partial charge on any atom is 0.262 e. The Morgan fingerprint density at radius 1 is 1.00 bits per heavy atom. The average Bonchev–Trinajstić information content (AvgIpc) is 3.13. The predicted molar refractivity (Wildman–Crippen MR) is 98.1 cm³/mol. The van der Waals surface area contributed by atoms with Crippen molar-refractivity contribution in [3.8, 4) is 0 Å². The highest BCUT2D eigenvalue weighted by Crippen LogP contribution is 2.10. The molecular formula is C18H15N5OS. The minimum absolute atomic E-state index is 0.0777. The molecule has 2 heterocycles. The standard InChI is InChI=1S/C18H15N5OS/c24-17-15-3-1-2-4-16(15)21-18(25)23(17)10-14-7-5-13(6-8-14)9-22-12-19-11-20-22/h1-8,11-12H,9-10H2,(H,21,25). The Morgan fingerprint density at radius 3 is 2.44 bits per heavy atom. The van der Waals surface area contributed by atoms with E-state index in [-0.39, 0.29) is 5.56 Å². The molecule has 0 spiro atoms. The number of nitrogens with one attached hydrogen (secondary N) is 1. The Labute approximate surface area is 148 Å². The molecule has 124 valence electrons. The Kier molecular flexibility index (Phi) is 3.99. The number of hydrogen-bond acceptors (Lipinski definition) is 4. The lowest BCUT2D eigenvalue weighted by atomic mass is 10.1. The van der Waals surface area contributed by atoms with Crippen LogP contribution in [0, 0.1) is 4.77 Å². The van der Waals surface area contributed by atoms with Gasteiger partial charge in [0.1, 0.15) is 12.7 Å². The van der Waals surface area contributed by atoms with Crippen molar-refractivity contribution in [3.05, 3.63) is 87.4 Å². The highest BCUT2D eigenvalue weighted by Gasteiger charge is 2.06. The molecule has 0 amide bonds. The number of aromatic nitrogens is 5. The van der Waals surface area contributed by atoms with Gasteiger partial charge in [0.05, 0.1) is 24.0 Å². The van der Waals surface area contributed by atoms with E-state index in [0.29, 0.717) is 23.2 Å². The van der Waals surface area contributed by atoms with Crippen molar-refractivity contribution < 1.29 is 0 Å². The summed E-state index contributed by atoms with van der Waals surface area (Å²) in [6.07, 6.45) is 3.20. The van der Waals surface area contributed by atoms with Crippen molar-refractivity contribution in [2.75, 3.05) is 0 Å². The van der Waals surface area contributed by atoms with Gasteiger partial charge >= 0.3 is 0 Å².